The van der Waals surface area contributed by atoms with Gasteiger partial charge in [-0.1, -0.05) is 6.92 Å². The Balaban J connectivity index is 3.43. The molecule has 0 saturated carbocycles. The molecule has 4 heteroatoms. The van der Waals surface area contributed by atoms with E-state index < -0.39 is 0 Å². The van der Waals surface area contributed by atoms with E-state index in [2.05, 4.69) is 15.9 Å². The molecule has 84 valence electrons. The van der Waals surface area contributed by atoms with Gasteiger partial charge in [-0.3, -0.25) is 0 Å². The summed E-state index contributed by atoms with van der Waals surface area (Å²) in [5.41, 5.74) is 7.05. The van der Waals surface area contributed by atoms with Gasteiger partial charge in [0.25, 0.3) is 0 Å². The largest absolute Gasteiger partial charge is 0.495 e. The van der Waals surface area contributed by atoms with Gasteiger partial charge in [-0.15, -0.1) is 0 Å². The lowest BCUT2D eigenvalue weighted by Gasteiger charge is -2.18. The summed E-state index contributed by atoms with van der Waals surface area (Å²) in [6.07, 6.45) is 0. The van der Waals surface area contributed by atoms with Crippen LogP contribution in [0.2, 0.25) is 0 Å². The maximum absolute atomic E-state index is 13.5. The van der Waals surface area contributed by atoms with Crippen molar-refractivity contribution in [2.75, 3.05) is 13.7 Å². The van der Waals surface area contributed by atoms with Crippen LogP contribution in [0.3, 0.4) is 0 Å². The van der Waals surface area contributed by atoms with E-state index in [4.69, 9.17) is 10.5 Å². The molecule has 0 aliphatic carbocycles. The molecule has 0 spiro atoms. The highest BCUT2D eigenvalue weighted by atomic mass is 79.9. The van der Waals surface area contributed by atoms with Crippen LogP contribution >= 0.6 is 15.9 Å². The lowest BCUT2D eigenvalue weighted by atomic mass is 9.95. The smallest absolute Gasteiger partial charge is 0.137 e. The van der Waals surface area contributed by atoms with E-state index in [0.29, 0.717) is 22.3 Å². The highest BCUT2D eigenvalue weighted by Gasteiger charge is 2.19. The number of hydrogen-bond acceptors (Lipinski definition) is 2. The molecule has 1 rings (SSSR count). The quantitative estimate of drug-likeness (QED) is 0.921. The Bertz CT molecular complexity index is 368. The lowest BCUT2D eigenvalue weighted by Crippen LogP contribution is -2.12. The lowest BCUT2D eigenvalue weighted by molar-refractivity contribution is 0.401. The Morgan fingerprint density at radius 2 is 2.20 bits per heavy atom. The molecule has 2 N–H and O–H groups in total. The zero-order valence-corrected chi connectivity index (χ0v) is 10.7. The van der Waals surface area contributed by atoms with Crippen molar-refractivity contribution in [1.29, 1.82) is 0 Å². The fraction of sp³-hybridized carbons (Fsp3) is 0.455. The van der Waals surface area contributed by atoms with Gasteiger partial charge >= 0.3 is 0 Å². The van der Waals surface area contributed by atoms with Crippen LogP contribution < -0.4 is 10.5 Å². The third kappa shape index (κ3) is 2.32. The van der Waals surface area contributed by atoms with E-state index in [-0.39, 0.29) is 11.7 Å². The van der Waals surface area contributed by atoms with Crippen LogP contribution in [-0.4, -0.2) is 13.7 Å². The predicted octanol–water partition coefficient (Wildman–Crippen LogP) is 2.97. The second-order valence-electron chi connectivity index (χ2n) is 3.55. The fourth-order valence-corrected chi connectivity index (χ4v) is 2.21. The Labute approximate surface area is 97.7 Å². The van der Waals surface area contributed by atoms with Crippen LogP contribution in [0.1, 0.15) is 24.0 Å². The molecule has 1 unspecified atom stereocenters. The molecular weight excluding hydrogens is 261 g/mol. The second-order valence-corrected chi connectivity index (χ2v) is 4.40. The fourth-order valence-electron chi connectivity index (χ4n) is 1.63. The number of hydrogen-bond donors (Lipinski definition) is 1. The van der Waals surface area contributed by atoms with E-state index in [9.17, 15) is 4.39 Å². The van der Waals surface area contributed by atoms with Crippen molar-refractivity contribution in [2.24, 2.45) is 5.73 Å². The summed E-state index contributed by atoms with van der Waals surface area (Å²) < 4.78 is 19.4. The van der Waals surface area contributed by atoms with Crippen LogP contribution in [0.4, 0.5) is 4.39 Å². The summed E-state index contributed by atoms with van der Waals surface area (Å²) in [6.45, 7) is 4.16. The van der Waals surface area contributed by atoms with Crippen LogP contribution in [0.25, 0.3) is 0 Å². The molecule has 0 heterocycles. The molecule has 2 nitrogen and oxygen atoms in total. The van der Waals surface area contributed by atoms with E-state index in [1.807, 2.05) is 6.92 Å². The average Bonchev–Trinajstić information content (AvgIpc) is 2.21. The van der Waals surface area contributed by atoms with Crippen molar-refractivity contribution in [2.45, 2.75) is 19.8 Å². The maximum Gasteiger partial charge on any atom is 0.137 e. The SMILES string of the molecule is COc1c(Br)cc(F)c(C)c1C(C)CN. The van der Waals surface area contributed by atoms with Crippen molar-refractivity contribution < 1.29 is 9.13 Å². The number of ether oxygens (including phenoxy) is 1. The standard InChI is InChI=1S/C11H15BrFNO/c1-6(5-14)10-7(2)9(13)4-8(12)11(10)15-3/h4,6H,5,14H2,1-3H3. The molecule has 0 bridgehead atoms. The third-order valence-corrected chi connectivity index (χ3v) is 3.12. The van der Waals surface area contributed by atoms with Gasteiger partial charge in [0.15, 0.2) is 0 Å². The first-order valence-corrected chi connectivity index (χ1v) is 5.54. The van der Waals surface area contributed by atoms with Crippen molar-refractivity contribution in [3.63, 3.8) is 0 Å². The number of benzene rings is 1. The van der Waals surface area contributed by atoms with Crippen LogP contribution in [0.5, 0.6) is 5.75 Å². The van der Waals surface area contributed by atoms with Gasteiger partial charge in [-0.2, -0.15) is 0 Å². The minimum Gasteiger partial charge on any atom is -0.495 e. The van der Waals surface area contributed by atoms with Gasteiger partial charge in [-0.05, 0) is 46.9 Å². The highest BCUT2D eigenvalue weighted by molar-refractivity contribution is 9.10. The first kappa shape index (κ1) is 12.5. The molecule has 0 radical (unpaired) electrons. The predicted molar refractivity (Wildman–Crippen MR) is 62.9 cm³/mol. The Kier molecular flexibility index (Phi) is 4.11. The van der Waals surface area contributed by atoms with Crippen LogP contribution in [0.15, 0.2) is 10.5 Å². The molecule has 1 aromatic rings. The van der Waals surface area contributed by atoms with Crippen molar-refractivity contribution >= 4 is 15.9 Å². The van der Waals surface area contributed by atoms with Gasteiger partial charge in [0.2, 0.25) is 0 Å². The van der Waals surface area contributed by atoms with E-state index in [1.165, 1.54) is 6.07 Å². The molecule has 0 amide bonds. The van der Waals surface area contributed by atoms with Gasteiger partial charge in [0, 0.05) is 5.56 Å². The Morgan fingerprint density at radius 3 is 2.67 bits per heavy atom. The van der Waals surface area contributed by atoms with E-state index >= 15 is 0 Å². The maximum atomic E-state index is 13.5. The van der Waals surface area contributed by atoms with Crippen molar-refractivity contribution in [3.8, 4) is 5.75 Å². The van der Waals surface area contributed by atoms with Crippen LogP contribution in [-0.2, 0) is 0 Å². The molecular formula is C11H15BrFNO. The average molecular weight is 276 g/mol. The number of methoxy groups -OCH3 is 1. The first-order valence-electron chi connectivity index (χ1n) is 4.75. The molecule has 0 saturated heterocycles. The van der Waals surface area contributed by atoms with E-state index in [0.717, 1.165) is 5.56 Å². The first-order chi connectivity index (χ1) is 7.02. The topological polar surface area (TPSA) is 35.2 Å². The Hall–Kier alpha value is -0.610. The van der Waals surface area contributed by atoms with Gasteiger partial charge in [0.1, 0.15) is 11.6 Å². The minimum absolute atomic E-state index is 0.0759. The second kappa shape index (κ2) is 4.94. The summed E-state index contributed by atoms with van der Waals surface area (Å²) in [4.78, 5) is 0. The molecule has 15 heavy (non-hydrogen) atoms. The summed E-state index contributed by atoms with van der Waals surface area (Å²) in [6, 6.07) is 1.42. The molecule has 1 atom stereocenters. The monoisotopic (exact) mass is 275 g/mol. The molecule has 0 aliphatic rings. The van der Waals surface area contributed by atoms with Gasteiger partial charge < -0.3 is 10.5 Å². The third-order valence-electron chi connectivity index (χ3n) is 2.53. The molecule has 0 aliphatic heterocycles. The normalized spacial score (nSPS) is 12.7. The zero-order valence-electron chi connectivity index (χ0n) is 9.10. The van der Waals surface area contributed by atoms with Gasteiger partial charge in [-0.25, -0.2) is 4.39 Å². The van der Waals surface area contributed by atoms with E-state index in [1.54, 1.807) is 14.0 Å². The highest BCUT2D eigenvalue weighted by Crippen LogP contribution is 2.37. The minimum atomic E-state index is -0.238. The number of halogens is 2. The summed E-state index contributed by atoms with van der Waals surface area (Å²) in [5, 5.41) is 0. The summed E-state index contributed by atoms with van der Waals surface area (Å²) in [5.74, 6) is 0.511. The van der Waals surface area contributed by atoms with Crippen LogP contribution in [0, 0.1) is 12.7 Å². The molecule has 1 aromatic carbocycles. The molecule has 0 aromatic heterocycles. The van der Waals surface area contributed by atoms with Gasteiger partial charge in [0.05, 0.1) is 11.6 Å². The zero-order chi connectivity index (χ0) is 11.6. The number of nitrogens with two attached hydrogens (primary N) is 1. The molecule has 0 fully saturated rings. The summed E-state index contributed by atoms with van der Waals surface area (Å²) in [7, 11) is 1.57. The Morgan fingerprint density at radius 1 is 1.60 bits per heavy atom. The van der Waals surface area contributed by atoms with Crippen molar-refractivity contribution in [3.05, 3.63) is 27.5 Å². The van der Waals surface area contributed by atoms with Crippen molar-refractivity contribution in [1.82, 2.24) is 0 Å². The summed E-state index contributed by atoms with van der Waals surface area (Å²) >= 11 is 3.28. The number of rotatable bonds is 3.